The highest BCUT2D eigenvalue weighted by Crippen LogP contribution is 2.29. The number of benzene rings is 2. The van der Waals surface area contributed by atoms with E-state index < -0.39 is 0 Å². The number of carbonyl (C=O) groups excluding carboxylic acids is 3. The van der Waals surface area contributed by atoms with Crippen molar-refractivity contribution in [3.8, 4) is 0 Å². The number of amides is 3. The molecule has 1 aliphatic rings. The number of hydrogen-bond donors (Lipinski definition) is 0. The van der Waals surface area contributed by atoms with Crippen LogP contribution in [0.25, 0.3) is 0 Å². The van der Waals surface area contributed by atoms with Crippen LogP contribution in [0.1, 0.15) is 54.6 Å². The molecular formula is C26H33N3O3. The maximum Gasteiger partial charge on any atom is 0.253 e. The van der Waals surface area contributed by atoms with Crippen LogP contribution in [0.4, 0.5) is 5.69 Å². The van der Waals surface area contributed by atoms with Crippen molar-refractivity contribution in [3.63, 3.8) is 0 Å². The molecule has 1 atom stereocenters. The first-order valence-electron chi connectivity index (χ1n) is 11.2. The first-order valence-corrected chi connectivity index (χ1v) is 11.2. The number of nitrogens with zero attached hydrogens (tertiary/aromatic N) is 3. The van der Waals surface area contributed by atoms with Crippen molar-refractivity contribution in [2.75, 3.05) is 32.1 Å². The number of hydrogen-bond acceptors (Lipinski definition) is 3. The molecule has 0 aliphatic carbocycles. The van der Waals surface area contributed by atoms with Crippen molar-refractivity contribution in [1.29, 1.82) is 0 Å². The second-order valence-corrected chi connectivity index (χ2v) is 8.90. The smallest absolute Gasteiger partial charge is 0.253 e. The van der Waals surface area contributed by atoms with Gasteiger partial charge in [-0.15, -0.1) is 0 Å². The van der Waals surface area contributed by atoms with E-state index in [9.17, 15) is 14.4 Å². The van der Waals surface area contributed by atoms with Gasteiger partial charge in [0.05, 0.1) is 5.92 Å². The zero-order chi connectivity index (χ0) is 23.4. The van der Waals surface area contributed by atoms with Gasteiger partial charge < -0.3 is 14.7 Å². The van der Waals surface area contributed by atoms with Gasteiger partial charge in [-0.3, -0.25) is 14.4 Å². The fourth-order valence-corrected chi connectivity index (χ4v) is 4.01. The van der Waals surface area contributed by atoms with Gasteiger partial charge >= 0.3 is 0 Å². The molecule has 0 N–H and O–H groups in total. The summed E-state index contributed by atoms with van der Waals surface area (Å²) in [4.78, 5) is 43.1. The van der Waals surface area contributed by atoms with E-state index >= 15 is 0 Å². The van der Waals surface area contributed by atoms with Gasteiger partial charge in [0.25, 0.3) is 5.91 Å². The van der Waals surface area contributed by atoms with E-state index in [-0.39, 0.29) is 30.1 Å². The number of anilines is 1. The predicted octanol–water partition coefficient (Wildman–Crippen LogP) is 3.91. The van der Waals surface area contributed by atoms with Crippen LogP contribution in [0, 0.1) is 5.92 Å². The Balaban J connectivity index is 1.68. The van der Waals surface area contributed by atoms with E-state index in [1.807, 2.05) is 37.3 Å². The highest BCUT2D eigenvalue weighted by molar-refractivity contribution is 6.00. The third-order valence-corrected chi connectivity index (χ3v) is 6.00. The molecule has 170 valence electrons. The van der Waals surface area contributed by atoms with Crippen molar-refractivity contribution >= 4 is 23.4 Å². The van der Waals surface area contributed by atoms with Crippen LogP contribution in [0.3, 0.4) is 0 Å². The van der Waals surface area contributed by atoms with E-state index in [0.717, 1.165) is 11.3 Å². The van der Waals surface area contributed by atoms with Crippen molar-refractivity contribution in [2.45, 2.75) is 39.7 Å². The molecule has 0 aromatic heterocycles. The zero-order valence-corrected chi connectivity index (χ0v) is 19.7. The first kappa shape index (κ1) is 23.5. The quantitative estimate of drug-likeness (QED) is 0.662. The van der Waals surface area contributed by atoms with Crippen molar-refractivity contribution in [2.24, 2.45) is 5.92 Å². The van der Waals surface area contributed by atoms with Crippen LogP contribution >= 0.6 is 0 Å². The Morgan fingerprint density at radius 1 is 1.09 bits per heavy atom. The van der Waals surface area contributed by atoms with E-state index in [4.69, 9.17) is 0 Å². The molecular weight excluding hydrogens is 402 g/mol. The molecule has 0 radical (unpaired) electrons. The van der Waals surface area contributed by atoms with Gasteiger partial charge in [0, 0.05) is 51.4 Å². The number of rotatable bonds is 7. The molecule has 1 fully saturated rings. The van der Waals surface area contributed by atoms with E-state index in [1.165, 1.54) is 10.5 Å². The molecule has 32 heavy (non-hydrogen) atoms. The fraction of sp³-hybridized carbons (Fsp3) is 0.423. The molecule has 0 bridgehead atoms. The van der Waals surface area contributed by atoms with Gasteiger partial charge in [0.1, 0.15) is 0 Å². The Morgan fingerprint density at radius 3 is 2.38 bits per heavy atom. The summed E-state index contributed by atoms with van der Waals surface area (Å²) in [5.74, 6) is -0.0328. The second-order valence-electron chi connectivity index (χ2n) is 8.90. The first-order chi connectivity index (χ1) is 15.2. The molecule has 3 amide bonds. The fourth-order valence-electron chi connectivity index (χ4n) is 4.01. The highest BCUT2D eigenvalue weighted by atomic mass is 16.2. The van der Waals surface area contributed by atoms with E-state index in [1.54, 1.807) is 36.0 Å². The lowest BCUT2D eigenvalue weighted by atomic mass is 10.0. The summed E-state index contributed by atoms with van der Waals surface area (Å²) in [6.07, 6.45) is 0.234. The van der Waals surface area contributed by atoms with Crippen LogP contribution in [0.5, 0.6) is 0 Å². The van der Waals surface area contributed by atoms with Crippen molar-refractivity contribution in [1.82, 2.24) is 9.80 Å². The average molecular weight is 436 g/mol. The van der Waals surface area contributed by atoms with Crippen molar-refractivity contribution < 1.29 is 14.4 Å². The van der Waals surface area contributed by atoms with E-state index in [0.29, 0.717) is 31.1 Å². The summed E-state index contributed by atoms with van der Waals surface area (Å²) in [7, 11) is 3.44. The minimum atomic E-state index is -0.347. The van der Waals surface area contributed by atoms with Gasteiger partial charge in [0.15, 0.2) is 0 Å². The zero-order valence-electron chi connectivity index (χ0n) is 19.7. The van der Waals surface area contributed by atoms with Gasteiger partial charge in [-0.2, -0.15) is 0 Å². The SMILES string of the molecule is CCN(Cc1ccc(C(=O)N(C)C)cc1)C(=O)C1CC(=O)N(c2cccc(C(C)C)c2)C1. The monoisotopic (exact) mass is 435 g/mol. The molecule has 0 spiro atoms. The normalized spacial score (nSPS) is 15.9. The van der Waals surface area contributed by atoms with Gasteiger partial charge in [-0.1, -0.05) is 38.1 Å². The Labute approximate surface area is 190 Å². The minimum Gasteiger partial charge on any atom is -0.345 e. The van der Waals surface area contributed by atoms with Crippen LogP contribution in [0.2, 0.25) is 0 Å². The predicted molar refractivity (Wildman–Crippen MR) is 127 cm³/mol. The maximum absolute atomic E-state index is 13.2. The van der Waals surface area contributed by atoms with Crippen molar-refractivity contribution in [3.05, 3.63) is 65.2 Å². The summed E-state index contributed by atoms with van der Waals surface area (Å²) < 4.78 is 0. The summed E-state index contributed by atoms with van der Waals surface area (Å²) in [5.41, 5.74) is 3.62. The Morgan fingerprint density at radius 2 is 1.78 bits per heavy atom. The Bertz CT molecular complexity index is 982. The van der Waals surface area contributed by atoms with Crippen LogP contribution in [-0.2, 0) is 16.1 Å². The third-order valence-electron chi connectivity index (χ3n) is 6.00. The molecule has 2 aromatic carbocycles. The molecule has 1 heterocycles. The Hall–Kier alpha value is -3.15. The lowest BCUT2D eigenvalue weighted by Crippen LogP contribution is -2.37. The van der Waals surface area contributed by atoms with Gasteiger partial charge in [-0.05, 0) is 48.2 Å². The standard InChI is InChI=1S/C26H33N3O3/c1-6-28(16-19-10-12-20(13-11-19)25(31)27(4)5)26(32)22-15-24(30)29(17-22)23-9-7-8-21(14-23)18(2)3/h7-14,18,22H,6,15-17H2,1-5H3. The highest BCUT2D eigenvalue weighted by Gasteiger charge is 2.37. The van der Waals surface area contributed by atoms with Crippen LogP contribution in [-0.4, -0.2) is 54.7 Å². The minimum absolute atomic E-state index is 0.00295. The summed E-state index contributed by atoms with van der Waals surface area (Å²) >= 11 is 0. The van der Waals surface area contributed by atoms with E-state index in [2.05, 4.69) is 19.9 Å². The summed E-state index contributed by atoms with van der Waals surface area (Å²) in [5, 5.41) is 0. The van der Waals surface area contributed by atoms with Crippen LogP contribution < -0.4 is 4.90 Å². The topological polar surface area (TPSA) is 60.9 Å². The summed E-state index contributed by atoms with van der Waals surface area (Å²) in [6, 6.07) is 15.4. The number of carbonyl (C=O) groups is 3. The Kier molecular flexibility index (Phi) is 7.33. The molecule has 0 saturated carbocycles. The summed E-state index contributed by atoms with van der Waals surface area (Å²) in [6.45, 7) is 7.62. The molecule has 6 nitrogen and oxygen atoms in total. The van der Waals surface area contributed by atoms with Crippen LogP contribution in [0.15, 0.2) is 48.5 Å². The average Bonchev–Trinajstić information content (AvgIpc) is 3.18. The largest absolute Gasteiger partial charge is 0.345 e. The molecule has 1 aliphatic heterocycles. The third kappa shape index (κ3) is 5.18. The molecule has 1 unspecified atom stereocenters. The molecule has 2 aromatic rings. The second kappa shape index (κ2) is 9.98. The molecule has 3 rings (SSSR count). The molecule has 6 heteroatoms. The lowest BCUT2D eigenvalue weighted by molar-refractivity contribution is -0.136. The molecule has 1 saturated heterocycles. The maximum atomic E-state index is 13.2. The van der Waals surface area contributed by atoms with Gasteiger partial charge in [-0.25, -0.2) is 0 Å². The van der Waals surface area contributed by atoms with Gasteiger partial charge in [0.2, 0.25) is 11.8 Å². The lowest BCUT2D eigenvalue weighted by Gasteiger charge is -2.25.